The molecule has 0 fully saturated rings. The molecule has 6 nitrogen and oxygen atoms in total. The van der Waals surface area contributed by atoms with E-state index in [-0.39, 0.29) is 12.5 Å². The summed E-state index contributed by atoms with van der Waals surface area (Å²) >= 11 is 17.7. The molecule has 4 aromatic rings. The van der Waals surface area contributed by atoms with Crippen molar-refractivity contribution < 1.29 is 4.79 Å². The normalized spacial score (nSPS) is 11.0. The predicted octanol–water partition coefficient (Wildman–Crippen LogP) is 5.91. The van der Waals surface area contributed by atoms with E-state index < -0.39 is 0 Å². The second kappa shape index (κ2) is 10.3. The van der Waals surface area contributed by atoms with Crippen LogP contribution in [0, 0.1) is 4.77 Å². The lowest BCUT2D eigenvalue weighted by Gasteiger charge is -2.16. The quantitative estimate of drug-likeness (QED) is 0.322. The van der Waals surface area contributed by atoms with Crippen LogP contribution in [0.25, 0.3) is 17.1 Å². The number of benzene rings is 3. The van der Waals surface area contributed by atoms with Gasteiger partial charge in [-0.25, -0.2) is 4.68 Å². The molecule has 1 amide bonds. The summed E-state index contributed by atoms with van der Waals surface area (Å²) in [6, 6.07) is 24.3. The van der Waals surface area contributed by atoms with Crippen molar-refractivity contribution in [3.63, 3.8) is 0 Å². The average Bonchev–Trinajstić information content (AvgIpc) is 3.12. The van der Waals surface area contributed by atoms with Crippen LogP contribution in [0.5, 0.6) is 0 Å². The highest BCUT2D eigenvalue weighted by atomic mass is 35.5. The molecule has 0 radical (unpaired) electrons. The van der Waals surface area contributed by atoms with Gasteiger partial charge in [0, 0.05) is 27.0 Å². The van der Waals surface area contributed by atoms with Crippen molar-refractivity contribution in [2.45, 2.75) is 6.67 Å². The molecule has 0 aliphatic carbocycles. The number of para-hydroxylation sites is 1. The Balaban J connectivity index is 1.57. The maximum Gasteiger partial charge on any atom is 0.238 e. The fourth-order valence-electron chi connectivity index (χ4n) is 3.35. The Morgan fingerprint density at radius 2 is 1.58 bits per heavy atom. The van der Waals surface area contributed by atoms with E-state index in [1.54, 1.807) is 28.9 Å². The molecule has 1 N–H and O–H groups in total. The summed E-state index contributed by atoms with van der Waals surface area (Å²) in [5, 5.41) is 8.90. The van der Waals surface area contributed by atoms with Gasteiger partial charge in [-0.3, -0.25) is 14.3 Å². The number of carbonyl (C=O) groups excluding carboxylic acids is 1. The van der Waals surface area contributed by atoms with Gasteiger partial charge in [0.15, 0.2) is 5.82 Å². The average molecular weight is 498 g/mol. The molecule has 168 valence electrons. The van der Waals surface area contributed by atoms with Gasteiger partial charge in [0.1, 0.15) is 0 Å². The number of aromatic nitrogens is 3. The van der Waals surface area contributed by atoms with E-state index in [4.69, 9.17) is 40.5 Å². The topological polar surface area (TPSA) is 55.1 Å². The van der Waals surface area contributed by atoms with Crippen LogP contribution in [0.4, 0.5) is 5.69 Å². The van der Waals surface area contributed by atoms with Gasteiger partial charge in [-0.15, -0.1) is 5.10 Å². The third kappa shape index (κ3) is 5.69. The van der Waals surface area contributed by atoms with Crippen LogP contribution < -0.4 is 5.32 Å². The number of nitrogens with zero attached hydrogens (tertiary/aromatic N) is 4. The van der Waals surface area contributed by atoms with E-state index in [9.17, 15) is 4.79 Å². The van der Waals surface area contributed by atoms with Gasteiger partial charge < -0.3 is 5.32 Å². The zero-order valence-corrected chi connectivity index (χ0v) is 20.1. The third-order valence-electron chi connectivity index (χ3n) is 4.87. The van der Waals surface area contributed by atoms with Crippen LogP contribution in [0.3, 0.4) is 0 Å². The first kappa shape index (κ1) is 23.2. The van der Waals surface area contributed by atoms with Crippen molar-refractivity contribution in [1.82, 2.24) is 19.2 Å². The van der Waals surface area contributed by atoms with Crippen LogP contribution in [-0.2, 0) is 11.5 Å². The van der Waals surface area contributed by atoms with Gasteiger partial charge in [0.2, 0.25) is 10.7 Å². The van der Waals surface area contributed by atoms with Crippen LogP contribution in [-0.4, -0.2) is 38.7 Å². The van der Waals surface area contributed by atoms with Crippen molar-refractivity contribution in [2.24, 2.45) is 0 Å². The monoisotopic (exact) mass is 497 g/mol. The first-order valence-corrected chi connectivity index (χ1v) is 11.3. The van der Waals surface area contributed by atoms with E-state index in [1.165, 1.54) is 0 Å². The van der Waals surface area contributed by atoms with Crippen LogP contribution in [0.15, 0.2) is 78.9 Å². The molecule has 0 unspecified atom stereocenters. The standard InChI is InChI=1S/C24H21Cl2N5OS/c1-29(15-22(32)27-20-13-11-19(26)12-14-20)16-30-24(33)31(21-5-3-2-4-6-21)23(28-30)17-7-9-18(25)10-8-17/h2-14H,15-16H2,1H3,(H,27,32). The molecule has 0 atom stereocenters. The Kier molecular flexibility index (Phi) is 7.25. The number of carbonyl (C=O) groups is 1. The molecule has 0 saturated carbocycles. The Morgan fingerprint density at radius 3 is 2.21 bits per heavy atom. The van der Waals surface area contributed by atoms with E-state index in [1.807, 2.05) is 71.1 Å². The van der Waals surface area contributed by atoms with E-state index >= 15 is 0 Å². The minimum Gasteiger partial charge on any atom is -0.325 e. The maximum absolute atomic E-state index is 12.5. The minimum absolute atomic E-state index is 0.147. The Labute approximate surface area is 207 Å². The van der Waals surface area contributed by atoms with Crippen LogP contribution in [0.2, 0.25) is 10.0 Å². The van der Waals surface area contributed by atoms with Gasteiger partial charge in [-0.2, -0.15) is 0 Å². The molecular formula is C24H21Cl2N5OS. The zero-order valence-electron chi connectivity index (χ0n) is 17.8. The lowest BCUT2D eigenvalue weighted by Crippen LogP contribution is -2.32. The van der Waals surface area contributed by atoms with Gasteiger partial charge in [-0.1, -0.05) is 41.4 Å². The van der Waals surface area contributed by atoms with Gasteiger partial charge in [0.05, 0.1) is 13.2 Å². The summed E-state index contributed by atoms with van der Waals surface area (Å²) in [6.45, 7) is 0.506. The molecule has 0 spiro atoms. The zero-order chi connectivity index (χ0) is 23.4. The molecule has 33 heavy (non-hydrogen) atoms. The Hall–Kier alpha value is -2.97. The van der Waals surface area contributed by atoms with Crippen LogP contribution in [0.1, 0.15) is 0 Å². The summed E-state index contributed by atoms with van der Waals surface area (Å²) in [5.74, 6) is 0.550. The Bertz CT molecular complexity index is 1300. The lowest BCUT2D eigenvalue weighted by molar-refractivity contribution is -0.117. The minimum atomic E-state index is -0.147. The molecule has 4 rings (SSSR count). The van der Waals surface area contributed by atoms with Crippen LogP contribution >= 0.6 is 35.4 Å². The van der Waals surface area contributed by atoms with E-state index in [0.29, 0.717) is 33.0 Å². The van der Waals surface area contributed by atoms with Gasteiger partial charge in [0.25, 0.3) is 0 Å². The fraction of sp³-hybridized carbons (Fsp3) is 0.125. The first-order chi connectivity index (χ1) is 15.9. The second-order valence-corrected chi connectivity index (χ2v) is 8.73. The highest BCUT2D eigenvalue weighted by molar-refractivity contribution is 7.71. The summed E-state index contributed by atoms with van der Waals surface area (Å²) in [7, 11) is 1.84. The number of rotatable bonds is 7. The number of amides is 1. The molecule has 0 bridgehead atoms. The molecular weight excluding hydrogens is 477 g/mol. The Morgan fingerprint density at radius 1 is 0.970 bits per heavy atom. The van der Waals surface area contributed by atoms with Crippen molar-refractivity contribution in [3.05, 3.63) is 93.7 Å². The molecule has 1 heterocycles. The summed E-state index contributed by atoms with van der Waals surface area (Å²) in [5.41, 5.74) is 2.48. The maximum atomic E-state index is 12.5. The molecule has 0 aliphatic rings. The summed E-state index contributed by atoms with van der Waals surface area (Å²) in [4.78, 5) is 14.3. The lowest BCUT2D eigenvalue weighted by atomic mass is 10.2. The second-order valence-electron chi connectivity index (χ2n) is 7.49. The van der Waals surface area contributed by atoms with E-state index in [0.717, 1.165) is 11.3 Å². The van der Waals surface area contributed by atoms with Crippen molar-refractivity contribution in [1.29, 1.82) is 0 Å². The summed E-state index contributed by atoms with van der Waals surface area (Å²) in [6.07, 6.45) is 0. The fourth-order valence-corrected chi connectivity index (χ4v) is 3.90. The SMILES string of the molecule is CN(CC(=O)Nc1ccc(Cl)cc1)Cn1nc(-c2ccc(Cl)cc2)n(-c2ccccc2)c1=S. The van der Waals surface area contributed by atoms with E-state index in [2.05, 4.69) is 5.32 Å². The van der Waals surface area contributed by atoms with Crippen molar-refractivity contribution in [2.75, 3.05) is 18.9 Å². The van der Waals surface area contributed by atoms with Crippen molar-refractivity contribution >= 4 is 47.0 Å². The smallest absolute Gasteiger partial charge is 0.238 e. The number of nitrogens with one attached hydrogen (secondary N) is 1. The number of hydrogen-bond donors (Lipinski definition) is 1. The van der Waals surface area contributed by atoms with Crippen molar-refractivity contribution in [3.8, 4) is 17.1 Å². The molecule has 0 saturated heterocycles. The number of likely N-dealkylation sites (N-methyl/N-ethyl adjacent to an activating group) is 1. The highest BCUT2D eigenvalue weighted by Crippen LogP contribution is 2.24. The molecule has 3 aromatic carbocycles. The summed E-state index contributed by atoms with van der Waals surface area (Å²) < 4.78 is 4.15. The first-order valence-electron chi connectivity index (χ1n) is 10.2. The molecule has 9 heteroatoms. The highest BCUT2D eigenvalue weighted by Gasteiger charge is 2.16. The number of anilines is 1. The molecule has 0 aliphatic heterocycles. The predicted molar refractivity (Wildman–Crippen MR) is 136 cm³/mol. The number of halogens is 2. The third-order valence-corrected chi connectivity index (χ3v) is 5.77. The number of hydrogen-bond acceptors (Lipinski definition) is 4. The van der Waals surface area contributed by atoms with Gasteiger partial charge in [-0.05, 0) is 79.9 Å². The molecule has 1 aromatic heterocycles. The van der Waals surface area contributed by atoms with Gasteiger partial charge >= 0.3 is 0 Å². The largest absolute Gasteiger partial charge is 0.325 e.